The minimum absolute atomic E-state index is 0.0195. The van der Waals surface area contributed by atoms with E-state index in [0.29, 0.717) is 43.2 Å². The van der Waals surface area contributed by atoms with Crippen LogP contribution in [0.25, 0.3) is 23.1 Å². The van der Waals surface area contributed by atoms with Crippen LogP contribution in [0, 0.1) is 5.92 Å². The Kier molecular flexibility index (Phi) is 35.1. The second kappa shape index (κ2) is 43.9. The van der Waals surface area contributed by atoms with Crippen LogP contribution in [0.1, 0.15) is 107 Å². The van der Waals surface area contributed by atoms with Crippen molar-refractivity contribution < 1.29 is 77.3 Å². The Balaban J connectivity index is 1.28. The average molecular weight is 1530 g/mol. The third kappa shape index (κ3) is 26.9. The van der Waals surface area contributed by atoms with Crippen LogP contribution < -0.4 is 81.4 Å². The Hall–Kier alpha value is -10.8. The van der Waals surface area contributed by atoms with Gasteiger partial charge in [-0.05, 0) is 145 Å². The highest BCUT2D eigenvalue weighted by Gasteiger charge is 2.38. The number of esters is 1. The standard InChI is InChI=1S/C73H101N19O16S/c1-41(2)38-56-69(103)83-51(23-29-74)64(98)82-54(26-32-77)68(102)89-61(42(3)93)71(105)80-34-27-55(67(101)81-52(24-30-75)66(100)87-57(70(104)86-56)39-45-14-8-7-9-15-45)84-65(99)53(25-31-76)85-72(106)62(43(4)94)88-60(96)28-35-91(36-37-108-44(5)95)73(107)92-58-40-47(109-59-18-11-10-17-49(59)63(97)78-6)20-21-48(58)50(90-92)22-19-46-16-12-13-33-79-46/h7-22,33,40-43,51-57,61-62,93-94H,23-32,34-39,74-77H2,1-6H3,(H,78,97)(H,80,105)(H,81,101)(H,82,98)(H,83,103)(H,84,99)(H,85,106)(H,86,104)(H,87,100)(H,88,96)(H,89,102)/b22-19+/t42-,43-,51-,52-,53-,54-,55+,56-,57-,61-,62+/m1/s1. The maximum atomic E-state index is 14.9. The molecule has 0 aliphatic carbocycles. The number of carbonyl (C=O) groups is 13. The topological polar surface area (TPSA) is 542 Å². The largest absolute Gasteiger partial charge is 0.464 e. The van der Waals surface area contributed by atoms with E-state index in [1.54, 1.807) is 123 Å². The van der Waals surface area contributed by atoms with Gasteiger partial charge in [0.05, 0.1) is 41.2 Å². The highest BCUT2D eigenvalue weighted by Crippen LogP contribution is 2.34. The fraction of sp³-hybridized carbons (Fsp3) is 0.466. The van der Waals surface area contributed by atoms with E-state index in [9.17, 15) is 72.5 Å². The molecule has 1 fully saturated rings. The number of ether oxygens (including phenoxy) is 1. The molecule has 109 heavy (non-hydrogen) atoms. The normalized spacial score (nSPS) is 19.8. The van der Waals surface area contributed by atoms with Crippen LogP contribution in [0.2, 0.25) is 0 Å². The number of rotatable bonds is 30. The molecule has 0 radical (unpaired) electrons. The molecule has 3 aromatic carbocycles. The lowest BCUT2D eigenvalue weighted by molar-refractivity contribution is -0.141. The average Bonchev–Trinajstić information content (AvgIpc) is 1.63. The first-order valence-corrected chi connectivity index (χ1v) is 36.7. The Morgan fingerprint density at radius 1 is 0.679 bits per heavy atom. The van der Waals surface area contributed by atoms with Gasteiger partial charge in [0.25, 0.3) is 5.91 Å². The molecule has 0 bridgehead atoms. The molecule has 0 saturated carbocycles. The van der Waals surface area contributed by atoms with Gasteiger partial charge in [-0.25, -0.2) is 4.79 Å². The summed E-state index contributed by atoms with van der Waals surface area (Å²) in [6, 6.07) is 11.1. The van der Waals surface area contributed by atoms with Gasteiger partial charge in [-0.2, -0.15) is 9.78 Å². The van der Waals surface area contributed by atoms with E-state index >= 15 is 0 Å². The van der Waals surface area contributed by atoms with Crippen molar-refractivity contribution in [1.82, 2.24) is 78.1 Å². The molecule has 21 N–H and O–H groups in total. The summed E-state index contributed by atoms with van der Waals surface area (Å²) in [4.78, 5) is 190. The lowest BCUT2D eigenvalue weighted by Crippen LogP contribution is -2.61. The van der Waals surface area contributed by atoms with Gasteiger partial charge >= 0.3 is 12.0 Å². The van der Waals surface area contributed by atoms with E-state index in [-0.39, 0.29) is 89.7 Å². The SMILES string of the molecule is CNC(=O)c1ccccc1Sc1ccc2c(/C=C/c3ccccn3)nn(C(=O)N(CCOC(C)=O)CCC(=O)N[C@H](C(=O)N[C@H](CCN)C(=O)N[C@H]3CCNC(=O)[C@@H]([C@@H](C)O)NC(=O)[C@@H](CCN)NC(=O)[C@@H](CCN)NC(=O)[C@@H](CC(C)C)NC(=O)[C@@H](Cc4ccccc4)NC(=O)[C@@H](CCN)NC3=O)[C@@H](C)O)c2c1. The number of fused-ring (bicyclic) bond motifs is 1. The summed E-state index contributed by atoms with van der Waals surface area (Å²) in [5, 5.41) is 55.4. The quantitative estimate of drug-likeness (QED) is 0.0214. The van der Waals surface area contributed by atoms with Crippen LogP contribution in [0.15, 0.2) is 107 Å². The second-order valence-corrected chi connectivity index (χ2v) is 27.4. The van der Waals surface area contributed by atoms with Gasteiger partial charge in [0.15, 0.2) is 0 Å². The molecule has 6 rings (SSSR count). The van der Waals surface area contributed by atoms with E-state index in [1.807, 2.05) is 0 Å². The lowest BCUT2D eigenvalue weighted by Gasteiger charge is -2.28. The predicted molar refractivity (Wildman–Crippen MR) is 403 cm³/mol. The van der Waals surface area contributed by atoms with Crippen molar-refractivity contribution in [1.29, 1.82) is 0 Å². The molecule has 0 spiro atoms. The van der Waals surface area contributed by atoms with Crippen LogP contribution in [-0.4, -0.2) is 233 Å². The van der Waals surface area contributed by atoms with E-state index in [2.05, 4.69) is 63.5 Å². The number of nitrogens with zero attached hydrogens (tertiary/aromatic N) is 4. The third-order valence-electron chi connectivity index (χ3n) is 17.2. The molecule has 5 aromatic rings. The fourth-order valence-electron chi connectivity index (χ4n) is 11.5. The summed E-state index contributed by atoms with van der Waals surface area (Å²) in [7, 11) is 1.51. The summed E-state index contributed by atoms with van der Waals surface area (Å²) < 4.78 is 6.34. The molecule has 11 atom stereocenters. The molecule has 0 unspecified atom stereocenters. The maximum Gasteiger partial charge on any atom is 0.345 e. The molecular formula is C73H101N19O16S. The van der Waals surface area contributed by atoms with Gasteiger partial charge in [-0.3, -0.25) is 62.5 Å². The van der Waals surface area contributed by atoms with Crippen LogP contribution >= 0.6 is 11.8 Å². The van der Waals surface area contributed by atoms with Crippen molar-refractivity contribution in [2.45, 2.75) is 162 Å². The van der Waals surface area contributed by atoms with Gasteiger partial charge in [0, 0.05) is 61.3 Å². The Bertz CT molecular complexity index is 4000. The molecule has 12 amide bonds. The fourth-order valence-corrected chi connectivity index (χ4v) is 12.5. The lowest BCUT2D eigenvalue weighted by atomic mass is 10.00. The van der Waals surface area contributed by atoms with Crippen LogP contribution in [0.4, 0.5) is 4.79 Å². The molecule has 36 heteroatoms. The number of amides is 12. The van der Waals surface area contributed by atoms with Crippen molar-refractivity contribution in [3.05, 3.63) is 120 Å². The maximum absolute atomic E-state index is 14.9. The zero-order valence-electron chi connectivity index (χ0n) is 61.8. The summed E-state index contributed by atoms with van der Waals surface area (Å²) in [5.74, 6) is -10.9. The van der Waals surface area contributed by atoms with Gasteiger partial charge in [0.1, 0.15) is 61.0 Å². The Morgan fingerprint density at radius 3 is 1.87 bits per heavy atom. The number of aliphatic hydroxyl groups excluding tert-OH is 2. The van der Waals surface area contributed by atoms with Gasteiger partial charge in [-0.1, -0.05) is 74.1 Å². The minimum Gasteiger partial charge on any atom is -0.464 e. The number of carbonyl (C=O) groups excluding carboxylic acids is 13. The number of aromatic nitrogens is 3. The van der Waals surface area contributed by atoms with Gasteiger partial charge < -0.3 is 101 Å². The minimum atomic E-state index is -1.81. The molecule has 1 aliphatic heterocycles. The zero-order chi connectivity index (χ0) is 79.9. The third-order valence-corrected chi connectivity index (χ3v) is 18.3. The number of benzene rings is 3. The van der Waals surface area contributed by atoms with Crippen molar-refractivity contribution in [3.63, 3.8) is 0 Å². The van der Waals surface area contributed by atoms with Gasteiger partial charge in [-0.15, -0.1) is 0 Å². The number of nitrogens with one attached hydrogen (secondary N) is 11. The number of aliphatic hydroxyl groups is 2. The number of hydrogen-bond acceptors (Lipinski definition) is 23. The van der Waals surface area contributed by atoms with Crippen LogP contribution in [0.3, 0.4) is 0 Å². The molecule has 35 nitrogen and oxygen atoms in total. The van der Waals surface area contributed by atoms with E-state index < -0.39 is 164 Å². The van der Waals surface area contributed by atoms with E-state index in [4.69, 9.17) is 32.8 Å². The number of hydrogen-bond donors (Lipinski definition) is 17. The van der Waals surface area contributed by atoms with E-state index in [1.165, 1.54) is 44.5 Å². The highest BCUT2D eigenvalue weighted by molar-refractivity contribution is 7.99. The predicted octanol–water partition coefficient (Wildman–Crippen LogP) is -2.34. The number of pyridine rings is 1. The molecule has 3 heterocycles. The molecule has 1 aliphatic rings. The first-order valence-electron chi connectivity index (χ1n) is 35.8. The van der Waals surface area contributed by atoms with Crippen LogP contribution in [0.5, 0.6) is 0 Å². The molecular weight excluding hydrogens is 1430 g/mol. The first-order chi connectivity index (χ1) is 52.1. The van der Waals surface area contributed by atoms with Crippen molar-refractivity contribution in [2.75, 3.05) is 59.5 Å². The van der Waals surface area contributed by atoms with Crippen molar-refractivity contribution >= 4 is 112 Å². The van der Waals surface area contributed by atoms with Crippen molar-refractivity contribution in [3.8, 4) is 0 Å². The van der Waals surface area contributed by atoms with Crippen LogP contribution in [-0.2, 0) is 63.9 Å². The first kappa shape index (κ1) is 87.2. The van der Waals surface area contributed by atoms with Crippen molar-refractivity contribution in [2.24, 2.45) is 28.9 Å². The monoisotopic (exact) mass is 1530 g/mol. The summed E-state index contributed by atoms with van der Waals surface area (Å²) >= 11 is 1.26. The van der Waals surface area contributed by atoms with E-state index in [0.717, 1.165) is 4.68 Å². The summed E-state index contributed by atoms with van der Waals surface area (Å²) in [6.07, 6.45) is -0.458. The zero-order valence-corrected chi connectivity index (χ0v) is 62.6. The Labute approximate surface area is 634 Å². The highest BCUT2D eigenvalue weighted by atomic mass is 32.2. The molecule has 590 valence electrons. The Morgan fingerprint density at radius 2 is 1.28 bits per heavy atom. The van der Waals surface area contributed by atoms with Gasteiger partial charge in [0.2, 0.25) is 59.1 Å². The molecule has 1 saturated heterocycles. The second-order valence-electron chi connectivity index (χ2n) is 26.3. The summed E-state index contributed by atoms with van der Waals surface area (Å²) in [5.41, 5.74) is 26.0. The smallest absolute Gasteiger partial charge is 0.345 e. The number of nitrogens with two attached hydrogens (primary N) is 4. The molecule has 2 aromatic heterocycles. The summed E-state index contributed by atoms with van der Waals surface area (Å²) in [6.45, 7) is 4.75.